The van der Waals surface area contributed by atoms with Gasteiger partial charge in [-0.3, -0.25) is 0 Å². The van der Waals surface area contributed by atoms with Crippen molar-refractivity contribution in [3.8, 4) is 11.3 Å². The zero-order valence-corrected chi connectivity index (χ0v) is 10.6. The number of rotatable bonds is 2. The second-order valence-corrected chi connectivity index (χ2v) is 5.61. The van der Waals surface area contributed by atoms with Crippen LogP contribution in [0.5, 0.6) is 0 Å². The number of nitrogens with zero attached hydrogens (tertiary/aromatic N) is 2. The van der Waals surface area contributed by atoms with Crippen LogP contribution in [0.2, 0.25) is 5.02 Å². The van der Waals surface area contributed by atoms with Gasteiger partial charge in [0.15, 0.2) is 0 Å². The number of hydrogen-bond donors (Lipinski definition) is 1. The third kappa shape index (κ3) is 1.51. The normalized spacial score (nSPS) is 29.3. The molecule has 0 amide bonds. The predicted octanol–water partition coefficient (Wildman–Crippen LogP) is 2.59. The molecule has 0 spiro atoms. The van der Waals surface area contributed by atoms with Crippen LogP contribution in [0.3, 0.4) is 0 Å². The van der Waals surface area contributed by atoms with E-state index in [1.165, 1.54) is 11.3 Å². The van der Waals surface area contributed by atoms with Gasteiger partial charge >= 0.3 is 0 Å². The van der Waals surface area contributed by atoms with E-state index in [1.807, 2.05) is 24.7 Å². The fourth-order valence-electron chi connectivity index (χ4n) is 3.18. The van der Waals surface area contributed by atoms with Crippen LogP contribution < -0.4 is 5.32 Å². The molecule has 2 atom stereocenters. The molecule has 18 heavy (non-hydrogen) atoms. The monoisotopic (exact) mass is 259 g/mol. The lowest BCUT2D eigenvalue weighted by atomic mass is 10.1. The molecule has 1 aliphatic heterocycles. The summed E-state index contributed by atoms with van der Waals surface area (Å²) in [6.45, 7) is 2.29. The zero-order valence-electron chi connectivity index (χ0n) is 9.88. The molecule has 2 heterocycles. The third-order valence-corrected chi connectivity index (χ3v) is 4.43. The average molecular weight is 260 g/mol. The maximum Gasteiger partial charge on any atom is 0.0953 e. The maximum absolute atomic E-state index is 5.93. The summed E-state index contributed by atoms with van der Waals surface area (Å²) in [5.41, 5.74) is 2.39. The molecule has 3 nitrogen and oxygen atoms in total. The van der Waals surface area contributed by atoms with Gasteiger partial charge in [0.2, 0.25) is 0 Å². The van der Waals surface area contributed by atoms with Gasteiger partial charge in [0, 0.05) is 24.2 Å². The lowest BCUT2D eigenvalue weighted by Gasteiger charge is -2.10. The van der Waals surface area contributed by atoms with Crippen LogP contribution >= 0.6 is 11.6 Å². The largest absolute Gasteiger partial charge is 0.327 e. The highest BCUT2D eigenvalue weighted by molar-refractivity contribution is 6.30. The van der Waals surface area contributed by atoms with Gasteiger partial charge in [-0.05, 0) is 29.5 Å². The molecule has 2 aliphatic rings. The highest BCUT2D eigenvalue weighted by Gasteiger charge is 2.54. The van der Waals surface area contributed by atoms with Crippen molar-refractivity contribution in [3.63, 3.8) is 0 Å². The smallest absolute Gasteiger partial charge is 0.0953 e. The highest BCUT2D eigenvalue weighted by atomic mass is 35.5. The van der Waals surface area contributed by atoms with Crippen molar-refractivity contribution in [2.24, 2.45) is 11.8 Å². The van der Waals surface area contributed by atoms with Crippen LogP contribution in [0, 0.1) is 11.8 Å². The SMILES string of the molecule is Clc1ccc(-c2cncn2C2C3CNCC32)cc1. The Hall–Kier alpha value is -1.32. The van der Waals surface area contributed by atoms with Crippen LogP contribution in [0.25, 0.3) is 11.3 Å². The molecule has 92 valence electrons. The minimum absolute atomic E-state index is 0.638. The summed E-state index contributed by atoms with van der Waals surface area (Å²) in [5, 5.41) is 4.20. The van der Waals surface area contributed by atoms with E-state index < -0.39 is 0 Å². The molecule has 0 bridgehead atoms. The quantitative estimate of drug-likeness (QED) is 0.899. The highest BCUT2D eigenvalue weighted by Crippen LogP contribution is 2.53. The first kappa shape index (κ1) is 10.6. The molecule has 1 aliphatic carbocycles. The third-order valence-electron chi connectivity index (χ3n) is 4.17. The summed E-state index contributed by atoms with van der Waals surface area (Å²) in [7, 11) is 0. The minimum atomic E-state index is 0.638. The van der Waals surface area contributed by atoms with E-state index in [0.29, 0.717) is 6.04 Å². The first-order chi connectivity index (χ1) is 8.84. The molecule has 1 N–H and O–H groups in total. The number of aromatic nitrogens is 2. The van der Waals surface area contributed by atoms with Crippen molar-refractivity contribution >= 4 is 11.6 Å². The molecule has 2 aromatic rings. The van der Waals surface area contributed by atoms with E-state index in [1.54, 1.807) is 0 Å². The van der Waals surface area contributed by atoms with Crippen molar-refractivity contribution < 1.29 is 0 Å². The van der Waals surface area contributed by atoms with Crippen molar-refractivity contribution in [2.45, 2.75) is 6.04 Å². The number of hydrogen-bond acceptors (Lipinski definition) is 2. The number of benzene rings is 1. The summed E-state index contributed by atoms with van der Waals surface area (Å²) in [6, 6.07) is 8.63. The van der Waals surface area contributed by atoms with E-state index in [-0.39, 0.29) is 0 Å². The molecule has 1 saturated carbocycles. The molecule has 0 radical (unpaired) electrons. The Morgan fingerprint density at radius 3 is 2.61 bits per heavy atom. The molecule has 2 fully saturated rings. The molecule has 4 rings (SSSR count). The number of fused-ring (bicyclic) bond motifs is 1. The van der Waals surface area contributed by atoms with Crippen molar-refractivity contribution in [2.75, 3.05) is 13.1 Å². The Morgan fingerprint density at radius 2 is 1.89 bits per heavy atom. The minimum Gasteiger partial charge on any atom is -0.327 e. The van der Waals surface area contributed by atoms with Gasteiger partial charge in [0.1, 0.15) is 0 Å². The van der Waals surface area contributed by atoms with Gasteiger partial charge in [-0.1, -0.05) is 23.7 Å². The van der Waals surface area contributed by atoms with Crippen LogP contribution in [0.4, 0.5) is 0 Å². The second kappa shape index (κ2) is 3.84. The zero-order chi connectivity index (χ0) is 12.1. The number of piperidine rings is 1. The molecule has 1 saturated heterocycles. The molecule has 4 heteroatoms. The summed E-state index contributed by atoms with van der Waals surface area (Å²) >= 11 is 5.93. The Balaban J connectivity index is 1.70. The topological polar surface area (TPSA) is 29.9 Å². The van der Waals surface area contributed by atoms with Gasteiger partial charge in [-0.2, -0.15) is 0 Å². The maximum atomic E-state index is 5.93. The predicted molar refractivity (Wildman–Crippen MR) is 71.6 cm³/mol. The molecule has 2 unspecified atom stereocenters. The number of nitrogens with one attached hydrogen (secondary N) is 1. The Labute approximate surface area is 111 Å². The van der Waals surface area contributed by atoms with Crippen molar-refractivity contribution in [3.05, 3.63) is 41.8 Å². The summed E-state index contributed by atoms with van der Waals surface area (Å²) in [6.07, 6.45) is 3.91. The second-order valence-electron chi connectivity index (χ2n) is 5.17. The Kier molecular flexibility index (Phi) is 2.26. The first-order valence-electron chi connectivity index (χ1n) is 6.33. The fraction of sp³-hybridized carbons (Fsp3) is 0.357. The molecular weight excluding hydrogens is 246 g/mol. The summed E-state index contributed by atoms with van der Waals surface area (Å²) in [5.74, 6) is 1.59. The molecule has 1 aromatic carbocycles. The van der Waals surface area contributed by atoms with Crippen molar-refractivity contribution in [1.29, 1.82) is 0 Å². The van der Waals surface area contributed by atoms with Gasteiger partial charge in [-0.25, -0.2) is 4.98 Å². The lowest BCUT2D eigenvalue weighted by molar-refractivity contribution is 0.573. The van der Waals surface area contributed by atoms with Crippen LogP contribution in [-0.4, -0.2) is 22.6 Å². The molecule has 1 aromatic heterocycles. The summed E-state index contributed by atoms with van der Waals surface area (Å²) in [4.78, 5) is 4.32. The van der Waals surface area contributed by atoms with E-state index in [9.17, 15) is 0 Å². The van der Waals surface area contributed by atoms with Crippen LogP contribution in [0.15, 0.2) is 36.8 Å². The van der Waals surface area contributed by atoms with Crippen molar-refractivity contribution in [1.82, 2.24) is 14.9 Å². The molecular formula is C14H14ClN3. The van der Waals surface area contributed by atoms with Gasteiger partial charge in [0.25, 0.3) is 0 Å². The summed E-state index contributed by atoms with van der Waals surface area (Å²) < 4.78 is 2.33. The number of imidazole rings is 1. The Bertz CT molecular complexity index is 565. The van der Waals surface area contributed by atoms with E-state index in [4.69, 9.17) is 11.6 Å². The lowest BCUT2D eigenvalue weighted by Crippen LogP contribution is -2.16. The van der Waals surface area contributed by atoms with Gasteiger partial charge in [0.05, 0.1) is 18.2 Å². The first-order valence-corrected chi connectivity index (χ1v) is 6.71. The van der Waals surface area contributed by atoms with Gasteiger partial charge < -0.3 is 9.88 Å². The standard InChI is InChI=1S/C14H14ClN3/c15-10-3-1-9(2-4-10)13-7-17-8-18(13)14-11-5-16-6-12(11)14/h1-4,7-8,11-12,14,16H,5-6H2. The average Bonchev–Trinajstić information content (AvgIpc) is 2.83. The van der Waals surface area contributed by atoms with E-state index in [0.717, 1.165) is 29.9 Å². The Morgan fingerprint density at radius 1 is 1.17 bits per heavy atom. The van der Waals surface area contributed by atoms with E-state index in [2.05, 4.69) is 27.0 Å². The van der Waals surface area contributed by atoms with Crippen LogP contribution in [-0.2, 0) is 0 Å². The fourth-order valence-corrected chi connectivity index (χ4v) is 3.31. The van der Waals surface area contributed by atoms with Crippen LogP contribution in [0.1, 0.15) is 6.04 Å². The van der Waals surface area contributed by atoms with E-state index >= 15 is 0 Å². The number of halogens is 1. The van der Waals surface area contributed by atoms with Gasteiger partial charge in [-0.15, -0.1) is 0 Å².